The summed E-state index contributed by atoms with van der Waals surface area (Å²) >= 11 is 1.74. The lowest BCUT2D eigenvalue weighted by molar-refractivity contribution is 0.238. The molecule has 1 aromatic heterocycles. The summed E-state index contributed by atoms with van der Waals surface area (Å²) < 4.78 is 19.5. The molecule has 1 atom stereocenters. The number of thiophene rings is 1. The first-order chi connectivity index (χ1) is 11.2. The lowest BCUT2D eigenvalue weighted by Crippen LogP contribution is -2.32. The van der Waals surface area contributed by atoms with Gasteiger partial charge >= 0.3 is 0 Å². The monoisotopic (exact) mass is 334 g/mol. The zero-order chi connectivity index (χ0) is 16.2. The van der Waals surface area contributed by atoms with Gasteiger partial charge in [0, 0.05) is 30.1 Å². The molecule has 0 bridgehead atoms. The van der Waals surface area contributed by atoms with Crippen LogP contribution in [0.25, 0.3) is 0 Å². The van der Waals surface area contributed by atoms with Gasteiger partial charge < -0.3 is 10.1 Å². The highest BCUT2D eigenvalue weighted by atomic mass is 32.1. The van der Waals surface area contributed by atoms with E-state index in [1.54, 1.807) is 30.6 Å². The summed E-state index contributed by atoms with van der Waals surface area (Å²) in [5.41, 5.74) is 2.16. The van der Waals surface area contributed by atoms with Crippen molar-refractivity contribution in [3.05, 3.63) is 51.5 Å². The van der Waals surface area contributed by atoms with Crippen molar-refractivity contribution in [3.8, 4) is 5.75 Å². The number of hydrogen-bond acceptors (Lipinski definition) is 4. The van der Waals surface area contributed by atoms with Gasteiger partial charge in [0.15, 0.2) is 0 Å². The molecule has 0 amide bonds. The Morgan fingerprint density at radius 2 is 2.13 bits per heavy atom. The van der Waals surface area contributed by atoms with Crippen LogP contribution in [0.3, 0.4) is 0 Å². The second-order valence-corrected chi connectivity index (χ2v) is 6.90. The van der Waals surface area contributed by atoms with Gasteiger partial charge in [0.2, 0.25) is 0 Å². The number of rotatable bonds is 4. The molecule has 1 fully saturated rings. The topological polar surface area (TPSA) is 24.5 Å². The molecule has 1 saturated heterocycles. The molecule has 2 heterocycles. The van der Waals surface area contributed by atoms with E-state index in [2.05, 4.69) is 28.6 Å². The van der Waals surface area contributed by atoms with Crippen LogP contribution in [-0.4, -0.2) is 38.2 Å². The maximum Gasteiger partial charge on any atom is 0.124 e. The number of nitrogens with one attached hydrogen (secondary N) is 1. The molecule has 2 aromatic rings. The first-order valence-corrected chi connectivity index (χ1v) is 8.90. The van der Waals surface area contributed by atoms with Crippen LogP contribution in [0.4, 0.5) is 4.39 Å². The van der Waals surface area contributed by atoms with Crippen LogP contribution in [0.15, 0.2) is 29.6 Å². The first-order valence-electron chi connectivity index (χ1n) is 8.02. The van der Waals surface area contributed by atoms with E-state index in [0.29, 0.717) is 0 Å². The number of aryl methyl sites for hydroxylation is 1. The molecule has 0 radical (unpaired) electrons. The zero-order valence-electron chi connectivity index (χ0n) is 13.6. The van der Waals surface area contributed by atoms with Crippen molar-refractivity contribution in [2.45, 2.75) is 19.4 Å². The number of hydrogen-bond donors (Lipinski definition) is 1. The van der Waals surface area contributed by atoms with E-state index in [-0.39, 0.29) is 11.9 Å². The van der Waals surface area contributed by atoms with E-state index in [1.807, 2.05) is 0 Å². The van der Waals surface area contributed by atoms with Crippen molar-refractivity contribution < 1.29 is 9.13 Å². The Labute approximate surface area is 141 Å². The quantitative estimate of drug-likeness (QED) is 0.925. The van der Waals surface area contributed by atoms with Crippen molar-refractivity contribution in [1.29, 1.82) is 0 Å². The summed E-state index contributed by atoms with van der Waals surface area (Å²) in [6, 6.07) is 7.06. The lowest BCUT2D eigenvalue weighted by Gasteiger charge is -2.31. The number of ether oxygens (including phenoxy) is 1. The van der Waals surface area contributed by atoms with Gasteiger partial charge in [-0.15, -0.1) is 11.3 Å². The fraction of sp³-hybridized carbons (Fsp3) is 0.444. The Kier molecular flexibility index (Phi) is 5.30. The Hall–Kier alpha value is -1.43. The highest BCUT2D eigenvalue weighted by molar-refractivity contribution is 7.10. The number of halogens is 1. The minimum atomic E-state index is -0.216. The van der Waals surface area contributed by atoms with Crippen molar-refractivity contribution in [3.63, 3.8) is 0 Å². The Morgan fingerprint density at radius 3 is 2.87 bits per heavy atom. The molecule has 1 N–H and O–H groups in total. The molecule has 1 aliphatic heterocycles. The van der Waals surface area contributed by atoms with Gasteiger partial charge in [0.1, 0.15) is 11.6 Å². The molecule has 0 aliphatic carbocycles. The largest absolute Gasteiger partial charge is 0.496 e. The molecule has 0 spiro atoms. The summed E-state index contributed by atoms with van der Waals surface area (Å²) in [7, 11) is 1.65. The fourth-order valence-electron chi connectivity index (χ4n) is 3.17. The van der Waals surface area contributed by atoms with Crippen molar-refractivity contribution in [2.75, 3.05) is 33.3 Å². The summed E-state index contributed by atoms with van der Waals surface area (Å²) in [5, 5.41) is 5.59. The zero-order valence-corrected chi connectivity index (χ0v) is 14.5. The molecule has 1 aromatic carbocycles. The molecule has 3 rings (SSSR count). The third kappa shape index (κ3) is 3.74. The summed E-state index contributed by atoms with van der Waals surface area (Å²) in [6.45, 7) is 6.03. The molecule has 23 heavy (non-hydrogen) atoms. The predicted octanol–water partition coefficient (Wildman–Crippen LogP) is 3.59. The van der Waals surface area contributed by atoms with Crippen molar-refractivity contribution >= 4 is 11.3 Å². The van der Waals surface area contributed by atoms with E-state index < -0.39 is 0 Å². The fourth-order valence-corrected chi connectivity index (χ4v) is 4.22. The van der Waals surface area contributed by atoms with Gasteiger partial charge in [0.05, 0.1) is 13.2 Å². The minimum Gasteiger partial charge on any atom is -0.496 e. The smallest absolute Gasteiger partial charge is 0.124 e. The van der Waals surface area contributed by atoms with Crippen LogP contribution in [0.1, 0.15) is 28.5 Å². The molecule has 0 saturated carbocycles. The molecule has 1 aliphatic rings. The molecule has 5 heteroatoms. The molecule has 3 nitrogen and oxygen atoms in total. The van der Waals surface area contributed by atoms with E-state index in [4.69, 9.17) is 4.74 Å². The third-order valence-electron chi connectivity index (χ3n) is 4.25. The molecule has 124 valence electrons. The highest BCUT2D eigenvalue weighted by Gasteiger charge is 2.27. The third-order valence-corrected chi connectivity index (χ3v) is 5.35. The Balaban J connectivity index is 2.05. The van der Waals surface area contributed by atoms with E-state index in [0.717, 1.165) is 43.9 Å². The van der Waals surface area contributed by atoms with Crippen LogP contribution in [-0.2, 0) is 0 Å². The number of nitrogens with zero attached hydrogens (tertiary/aromatic N) is 1. The molecular formula is C18H23FN2OS. The van der Waals surface area contributed by atoms with Crippen LogP contribution < -0.4 is 10.1 Å². The van der Waals surface area contributed by atoms with Crippen LogP contribution >= 0.6 is 11.3 Å². The lowest BCUT2D eigenvalue weighted by atomic mass is 10.0. The predicted molar refractivity (Wildman–Crippen MR) is 92.9 cm³/mol. The van der Waals surface area contributed by atoms with E-state index in [1.165, 1.54) is 16.5 Å². The maximum absolute atomic E-state index is 13.9. The van der Waals surface area contributed by atoms with Gasteiger partial charge in [-0.1, -0.05) is 0 Å². The van der Waals surface area contributed by atoms with E-state index in [9.17, 15) is 4.39 Å². The average Bonchev–Trinajstić information content (AvgIpc) is 2.80. The SMILES string of the molecule is COc1ccc(F)cc1C(c1cc(C)cs1)N1CCCNCC1. The average molecular weight is 334 g/mol. The summed E-state index contributed by atoms with van der Waals surface area (Å²) in [4.78, 5) is 3.68. The number of benzene rings is 1. The van der Waals surface area contributed by atoms with Gasteiger partial charge in [-0.3, -0.25) is 4.90 Å². The van der Waals surface area contributed by atoms with Gasteiger partial charge in [-0.2, -0.15) is 0 Å². The minimum absolute atomic E-state index is 0.0410. The van der Waals surface area contributed by atoms with Crippen LogP contribution in [0, 0.1) is 12.7 Å². The normalized spacial score (nSPS) is 17.7. The van der Waals surface area contributed by atoms with Crippen molar-refractivity contribution in [2.24, 2.45) is 0 Å². The summed E-state index contributed by atoms with van der Waals surface area (Å²) in [5.74, 6) is 0.534. The Morgan fingerprint density at radius 1 is 1.26 bits per heavy atom. The second kappa shape index (κ2) is 7.43. The molecule has 1 unspecified atom stereocenters. The van der Waals surface area contributed by atoms with Crippen LogP contribution in [0.2, 0.25) is 0 Å². The summed E-state index contributed by atoms with van der Waals surface area (Å²) in [6.07, 6.45) is 1.10. The number of methoxy groups -OCH3 is 1. The van der Waals surface area contributed by atoms with Gasteiger partial charge in [-0.25, -0.2) is 4.39 Å². The second-order valence-electron chi connectivity index (χ2n) is 5.95. The van der Waals surface area contributed by atoms with Gasteiger partial charge in [-0.05, 0) is 55.1 Å². The Bertz CT molecular complexity index is 650. The van der Waals surface area contributed by atoms with Gasteiger partial charge in [0.25, 0.3) is 0 Å². The molecular weight excluding hydrogens is 311 g/mol. The highest BCUT2D eigenvalue weighted by Crippen LogP contribution is 2.38. The standard InChI is InChI=1S/C18H23FN2OS/c1-13-10-17(23-12-13)18(21-8-3-6-20-7-9-21)15-11-14(19)4-5-16(15)22-2/h4-5,10-12,18,20H,3,6-9H2,1-2H3. The van der Waals surface area contributed by atoms with E-state index >= 15 is 0 Å². The first kappa shape index (κ1) is 16.4. The van der Waals surface area contributed by atoms with Crippen molar-refractivity contribution in [1.82, 2.24) is 10.2 Å². The maximum atomic E-state index is 13.9. The van der Waals surface area contributed by atoms with Crippen LogP contribution in [0.5, 0.6) is 5.75 Å².